The number of hydrogen-bond donors (Lipinski definition) is 2. The van der Waals surface area contributed by atoms with Crippen molar-refractivity contribution in [1.82, 2.24) is 14.8 Å². The van der Waals surface area contributed by atoms with Gasteiger partial charge < -0.3 is 19.9 Å². The predicted molar refractivity (Wildman–Crippen MR) is 102 cm³/mol. The van der Waals surface area contributed by atoms with Gasteiger partial charge in [-0.3, -0.25) is 14.4 Å². The molecule has 0 bridgehead atoms. The fraction of sp³-hybridized carbons (Fsp3) is 0.316. The Morgan fingerprint density at radius 2 is 2.10 bits per heavy atom. The van der Waals surface area contributed by atoms with Crippen molar-refractivity contribution in [3.05, 3.63) is 63.1 Å². The molecular weight excluding hydrogens is 404 g/mol. The first-order chi connectivity index (χ1) is 13.9. The highest BCUT2D eigenvalue weighted by molar-refractivity contribution is 7.99. The average molecular weight is 421 g/mol. The second kappa shape index (κ2) is 7.51. The van der Waals surface area contributed by atoms with Crippen molar-refractivity contribution in [2.75, 3.05) is 12.3 Å². The minimum Gasteiger partial charge on any atom is -0.503 e. The lowest BCUT2D eigenvalue weighted by atomic mass is 10.1. The summed E-state index contributed by atoms with van der Waals surface area (Å²) in [6.07, 6.45) is 2.08. The molecule has 2 aliphatic heterocycles. The quantitative estimate of drug-likeness (QED) is 0.787. The van der Waals surface area contributed by atoms with E-state index in [-0.39, 0.29) is 28.7 Å². The largest absolute Gasteiger partial charge is 0.503 e. The summed E-state index contributed by atoms with van der Waals surface area (Å²) in [6.45, 7) is 0.625. The molecule has 1 unspecified atom stereocenters. The molecule has 0 radical (unpaired) electrons. The van der Waals surface area contributed by atoms with Gasteiger partial charge in [0.25, 0.3) is 11.8 Å². The standard InChI is InChI=1S/C19H17F2N3O4S/c20-11-3-2-10(13(21)6-11)7-22-18(27)12-8-23-9-14-24(4-1-5-29-14)19(28)15(23)17(26)16(12)25/h2-3,6,8,14,26H,1,4-5,7,9H2,(H,22,27). The molecule has 1 fully saturated rings. The van der Waals surface area contributed by atoms with Crippen LogP contribution in [0.25, 0.3) is 0 Å². The Morgan fingerprint density at radius 3 is 2.86 bits per heavy atom. The van der Waals surface area contributed by atoms with Crippen LogP contribution in [0.3, 0.4) is 0 Å². The number of thioether (sulfide) groups is 1. The van der Waals surface area contributed by atoms with Gasteiger partial charge in [-0.05, 0) is 18.2 Å². The van der Waals surface area contributed by atoms with Crippen LogP contribution in [0.1, 0.15) is 32.8 Å². The van der Waals surface area contributed by atoms with Gasteiger partial charge in [-0.15, -0.1) is 11.8 Å². The second-order valence-corrected chi connectivity index (χ2v) is 8.10. The predicted octanol–water partition coefficient (Wildman–Crippen LogP) is 1.68. The van der Waals surface area contributed by atoms with E-state index in [1.807, 2.05) is 0 Å². The smallest absolute Gasteiger partial charge is 0.275 e. The molecule has 3 heterocycles. The van der Waals surface area contributed by atoms with Gasteiger partial charge in [0.1, 0.15) is 17.2 Å². The van der Waals surface area contributed by atoms with E-state index in [9.17, 15) is 28.3 Å². The molecule has 7 nitrogen and oxygen atoms in total. The molecule has 0 saturated carbocycles. The molecule has 29 heavy (non-hydrogen) atoms. The average Bonchev–Trinajstić information content (AvgIpc) is 2.70. The van der Waals surface area contributed by atoms with Gasteiger partial charge in [-0.25, -0.2) is 8.78 Å². The molecule has 1 aromatic heterocycles. The minimum absolute atomic E-state index is 0.0476. The lowest BCUT2D eigenvalue weighted by Gasteiger charge is -2.40. The second-order valence-electron chi connectivity index (χ2n) is 6.82. The summed E-state index contributed by atoms with van der Waals surface area (Å²) < 4.78 is 28.1. The summed E-state index contributed by atoms with van der Waals surface area (Å²) in [5.74, 6) is -2.71. The van der Waals surface area contributed by atoms with Gasteiger partial charge in [0.05, 0.1) is 11.9 Å². The Balaban J connectivity index is 1.61. The number of carbonyl (C=O) groups excluding carboxylic acids is 2. The van der Waals surface area contributed by atoms with E-state index in [1.165, 1.54) is 16.8 Å². The Hall–Kier alpha value is -2.88. The molecule has 152 valence electrons. The van der Waals surface area contributed by atoms with Crippen LogP contribution < -0.4 is 10.7 Å². The molecule has 0 spiro atoms. The lowest BCUT2D eigenvalue weighted by molar-refractivity contribution is 0.0661. The number of amides is 2. The van der Waals surface area contributed by atoms with Gasteiger partial charge >= 0.3 is 0 Å². The number of fused-ring (bicyclic) bond motifs is 2. The number of halogens is 2. The maximum absolute atomic E-state index is 13.7. The minimum atomic E-state index is -0.968. The van der Waals surface area contributed by atoms with Crippen molar-refractivity contribution in [3.63, 3.8) is 0 Å². The molecule has 1 atom stereocenters. The molecule has 2 N–H and O–H groups in total. The highest BCUT2D eigenvalue weighted by atomic mass is 32.2. The van der Waals surface area contributed by atoms with Crippen molar-refractivity contribution in [2.24, 2.45) is 0 Å². The molecule has 1 saturated heterocycles. The van der Waals surface area contributed by atoms with Crippen molar-refractivity contribution in [2.45, 2.75) is 24.9 Å². The number of rotatable bonds is 3. The molecule has 2 amide bonds. The zero-order valence-corrected chi connectivity index (χ0v) is 16.0. The maximum atomic E-state index is 13.7. The number of carbonyl (C=O) groups is 2. The monoisotopic (exact) mass is 421 g/mol. The van der Waals surface area contributed by atoms with E-state index in [1.54, 1.807) is 16.7 Å². The van der Waals surface area contributed by atoms with Gasteiger partial charge in [0.15, 0.2) is 11.4 Å². The molecule has 4 rings (SSSR count). The topological polar surface area (TPSA) is 91.6 Å². The van der Waals surface area contributed by atoms with Crippen molar-refractivity contribution in [1.29, 1.82) is 0 Å². The van der Waals surface area contributed by atoms with Gasteiger partial charge in [-0.2, -0.15) is 0 Å². The lowest BCUT2D eigenvalue weighted by Crippen LogP contribution is -2.50. The number of benzene rings is 1. The first-order valence-corrected chi connectivity index (χ1v) is 10.0. The number of aromatic nitrogens is 1. The SMILES string of the molecule is O=C(NCc1ccc(F)cc1F)c1cn2c(c(O)c1=O)C(=O)N1CCCSC1C2. The van der Waals surface area contributed by atoms with Crippen molar-refractivity contribution < 1.29 is 23.5 Å². The highest BCUT2D eigenvalue weighted by Gasteiger charge is 2.37. The summed E-state index contributed by atoms with van der Waals surface area (Å²) in [5.41, 5.74) is -1.40. The summed E-state index contributed by atoms with van der Waals surface area (Å²) in [5, 5.41) is 12.6. The summed E-state index contributed by atoms with van der Waals surface area (Å²) in [4.78, 5) is 39.3. The summed E-state index contributed by atoms with van der Waals surface area (Å²) in [7, 11) is 0. The fourth-order valence-corrected chi connectivity index (χ4v) is 4.71. The first kappa shape index (κ1) is 19.4. The van der Waals surface area contributed by atoms with Crippen molar-refractivity contribution in [3.8, 4) is 5.75 Å². The van der Waals surface area contributed by atoms with Crippen molar-refractivity contribution >= 4 is 23.6 Å². The fourth-order valence-electron chi connectivity index (χ4n) is 3.49. The number of pyridine rings is 1. The van der Waals surface area contributed by atoms with Crippen LogP contribution in [-0.2, 0) is 13.1 Å². The Labute approximate surface area is 168 Å². The number of nitrogens with zero attached hydrogens (tertiary/aromatic N) is 2. The third-order valence-electron chi connectivity index (χ3n) is 4.97. The van der Waals surface area contributed by atoms with Crippen LogP contribution in [0.4, 0.5) is 8.78 Å². The molecule has 0 aliphatic carbocycles. The van der Waals surface area contributed by atoms with Crippen LogP contribution in [0.5, 0.6) is 5.75 Å². The Bertz CT molecular complexity index is 1070. The van der Waals surface area contributed by atoms with Gasteiger partial charge in [0.2, 0.25) is 5.43 Å². The molecular formula is C19H17F2N3O4S. The molecule has 2 aliphatic rings. The Morgan fingerprint density at radius 1 is 1.31 bits per heavy atom. The zero-order valence-electron chi connectivity index (χ0n) is 15.2. The third kappa shape index (κ3) is 3.48. The summed E-state index contributed by atoms with van der Waals surface area (Å²) in [6, 6.07) is 2.94. The van der Waals surface area contributed by atoms with Crippen LogP contribution in [0.2, 0.25) is 0 Å². The molecule has 1 aromatic carbocycles. The zero-order chi connectivity index (χ0) is 20.7. The first-order valence-electron chi connectivity index (χ1n) is 8.98. The van der Waals surface area contributed by atoms with Crippen LogP contribution in [0, 0.1) is 11.6 Å². The van der Waals surface area contributed by atoms with Crippen LogP contribution >= 0.6 is 11.8 Å². The number of hydrogen-bond acceptors (Lipinski definition) is 5. The van der Waals surface area contributed by atoms with Gasteiger partial charge in [-0.1, -0.05) is 6.07 Å². The molecule has 10 heteroatoms. The highest BCUT2D eigenvalue weighted by Crippen LogP contribution is 2.32. The van der Waals surface area contributed by atoms with Crippen LogP contribution in [-0.4, -0.2) is 44.1 Å². The van der Waals surface area contributed by atoms with Gasteiger partial charge in [0, 0.05) is 30.9 Å². The maximum Gasteiger partial charge on any atom is 0.275 e. The van der Waals surface area contributed by atoms with E-state index >= 15 is 0 Å². The van der Waals surface area contributed by atoms with E-state index in [2.05, 4.69) is 5.32 Å². The normalized spacial score (nSPS) is 18.2. The number of aromatic hydroxyl groups is 1. The van der Waals surface area contributed by atoms with Crippen LogP contribution in [0.15, 0.2) is 29.2 Å². The van der Waals surface area contributed by atoms with E-state index in [0.29, 0.717) is 19.2 Å². The summed E-state index contributed by atoms with van der Waals surface area (Å²) >= 11 is 1.60. The number of nitrogens with one attached hydrogen (secondary N) is 1. The van der Waals surface area contributed by atoms with E-state index in [4.69, 9.17) is 0 Å². The van der Waals surface area contributed by atoms with E-state index < -0.39 is 34.6 Å². The third-order valence-corrected chi connectivity index (χ3v) is 6.29. The molecule has 2 aromatic rings. The van der Waals surface area contributed by atoms with E-state index in [0.717, 1.165) is 18.2 Å². The Kier molecular flexibility index (Phi) is 5.03.